The van der Waals surface area contributed by atoms with Crippen LogP contribution in [0.25, 0.3) is 0 Å². The molecule has 2 aromatic carbocycles. The topological polar surface area (TPSA) is 91.0 Å². The Labute approximate surface area is 174 Å². The Kier molecular flexibility index (Phi) is 7.05. The normalized spacial score (nSPS) is 11.1. The van der Waals surface area contributed by atoms with Crippen LogP contribution in [0.1, 0.15) is 11.1 Å². The van der Waals surface area contributed by atoms with Crippen LogP contribution in [0.2, 0.25) is 0 Å². The highest BCUT2D eigenvalue weighted by atomic mass is 19.1. The lowest BCUT2D eigenvalue weighted by Gasteiger charge is -2.10. The molecule has 0 saturated heterocycles. The van der Waals surface area contributed by atoms with E-state index in [4.69, 9.17) is 19.9 Å². The number of aromatic nitrogens is 1. The zero-order chi connectivity index (χ0) is 21.3. The van der Waals surface area contributed by atoms with Crippen LogP contribution in [0.5, 0.6) is 23.1 Å². The minimum absolute atomic E-state index is 0.308. The maximum atomic E-state index is 13.0. The maximum absolute atomic E-state index is 13.0. The Morgan fingerprint density at radius 3 is 2.50 bits per heavy atom. The Balaban J connectivity index is 1.56. The first-order valence-electron chi connectivity index (χ1n) is 9.20. The monoisotopic (exact) mass is 410 g/mol. The minimum Gasteiger partial charge on any atom is -0.493 e. The molecule has 0 atom stereocenters. The van der Waals surface area contributed by atoms with E-state index in [0.29, 0.717) is 42.2 Å². The molecule has 1 aromatic heterocycles. The molecule has 0 radical (unpaired) electrons. The van der Waals surface area contributed by atoms with Crippen LogP contribution in [0.4, 0.5) is 4.39 Å². The molecule has 3 aromatic rings. The molecule has 0 spiro atoms. The molecule has 0 bridgehead atoms. The van der Waals surface area contributed by atoms with E-state index in [1.807, 2.05) is 24.3 Å². The van der Waals surface area contributed by atoms with E-state index in [1.54, 1.807) is 38.6 Å². The van der Waals surface area contributed by atoms with Crippen LogP contribution in [0.3, 0.4) is 0 Å². The standard InChI is InChI=1S/C22H23FN4O3/c1-28-19-8-3-15(11-20(19)29-2)13-26-22(24)27-14-16-9-10-25-21(12-16)30-18-6-4-17(23)5-7-18/h3-12H,13-14H2,1-2H3,(H3,24,26,27). The summed E-state index contributed by atoms with van der Waals surface area (Å²) in [5.74, 6) is 2.19. The molecule has 0 aliphatic rings. The fourth-order valence-electron chi connectivity index (χ4n) is 2.64. The molecule has 156 valence electrons. The highest BCUT2D eigenvalue weighted by Gasteiger charge is 2.05. The fourth-order valence-corrected chi connectivity index (χ4v) is 2.64. The molecule has 0 fully saturated rings. The van der Waals surface area contributed by atoms with Crippen molar-refractivity contribution in [3.63, 3.8) is 0 Å². The summed E-state index contributed by atoms with van der Waals surface area (Å²) in [6.07, 6.45) is 1.63. The molecule has 0 unspecified atom stereocenters. The van der Waals surface area contributed by atoms with Gasteiger partial charge in [-0.3, -0.25) is 0 Å². The van der Waals surface area contributed by atoms with Crippen molar-refractivity contribution in [3.05, 3.63) is 77.7 Å². The highest BCUT2D eigenvalue weighted by molar-refractivity contribution is 5.77. The SMILES string of the molecule is COc1ccc(CN=C(N)NCc2ccnc(Oc3ccc(F)cc3)c2)cc1OC. The second-order valence-corrected chi connectivity index (χ2v) is 6.30. The summed E-state index contributed by atoms with van der Waals surface area (Å²) in [5.41, 5.74) is 7.82. The summed E-state index contributed by atoms with van der Waals surface area (Å²) < 4.78 is 29.2. The lowest BCUT2D eigenvalue weighted by molar-refractivity contribution is 0.354. The van der Waals surface area contributed by atoms with E-state index >= 15 is 0 Å². The third-order valence-electron chi connectivity index (χ3n) is 4.19. The van der Waals surface area contributed by atoms with Crippen molar-refractivity contribution in [2.75, 3.05) is 14.2 Å². The molecule has 0 saturated carbocycles. The van der Waals surface area contributed by atoms with Gasteiger partial charge in [0.2, 0.25) is 5.88 Å². The summed E-state index contributed by atoms with van der Waals surface area (Å²) in [4.78, 5) is 8.51. The number of nitrogens with zero attached hydrogens (tertiary/aromatic N) is 2. The number of halogens is 1. The minimum atomic E-state index is -0.323. The zero-order valence-corrected chi connectivity index (χ0v) is 16.8. The van der Waals surface area contributed by atoms with Gasteiger partial charge >= 0.3 is 0 Å². The average Bonchev–Trinajstić information content (AvgIpc) is 2.78. The van der Waals surface area contributed by atoms with Crippen molar-refractivity contribution in [2.24, 2.45) is 10.7 Å². The number of pyridine rings is 1. The van der Waals surface area contributed by atoms with E-state index in [0.717, 1.165) is 11.1 Å². The maximum Gasteiger partial charge on any atom is 0.219 e. The molecule has 8 heteroatoms. The molecule has 0 aliphatic carbocycles. The van der Waals surface area contributed by atoms with Gasteiger partial charge in [0.1, 0.15) is 11.6 Å². The van der Waals surface area contributed by atoms with Crippen LogP contribution in [-0.2, 0) is 13.1 Å². The number of rotatable bonds is 8. The van der Waals surface area contributed by atoms with E-state index in [-0.39, 0.29) is 5.82 Å². The summed E-state index contributed by atoms with van der Waals surface area (Å²) in [6.45, 7) is 0.845. The number of ether oxygens (including phenoxy) is 3. The van der Waals surface area contributed by atoms with Gasteiger partial charge in [-0.1, -0.05) is 6.07 Å². The van der Waals surface area contributed by atoms with Gasteiger partial charge in [0.15, 0.2) is 17.5 Å². The zero-order valence-electron chi connectivity index (χ0n) is 16.8. The van der Waals surface area contributed by atoms with Crippen LogP contribution in [0.15, 0.2) is 65.8 Å². The lowest BCUT2D eigenvalue weighted by Crippen LogP contribution is -2.31. The number of guanidine groups is 1. The Morgan fingerprint density at radius 2 is 1.77 bits per heavy atom. The quantitative estimate of drug-likeness (QED) is 0.435. The molecule has 3 rings (SSSR count). The number of nitrogens with two attached hydrogens (primary N) is 1. The number of hydrogen-bond donors (Lipinski definition) is 2. The van der Waals surface area contributed by atoms with Crippen molar-refractivity contribution in [3.8, 4) is 23.1 Å². The number of aliphatic imine (C=N–C) groups is 1. The molecule has 1 heterocycles. The Bertz CT molecular complexity index is 1010. The predicted octanol–water partition coefficient (Wildman–Crippen LogP) is 3.63. The van der Waals surface area contributed by atoms with Gasteiger partial charge in [0, 0.05) is 18.8 Å². The molecular weight excluding hydrogens is 387 g/mol. The number of nitrogens with one attached hydrogen (secondary N) is 1. The fraction of sp³-hybridized carbons (Fsp3) is 0.182. The van der Waals surface area contributed by atoms with Gasteiger partial charge in [0.05, 0.1) is 20.8 Å². The molecule has 3 N–H and O–H groups in total. The first-order chi connectivity index (χ1) is 14.6. The predicted molar refractivity (Wildman–Crippen MR) is 112 cm³/mol. The van der Waals surface area contributed by atoms with E-state index < -0.39 is 0 Å². The summed E-state index contributed by atoms with van der Waals surface area (Å²) in [5, 5.41) is 3.06. The van der Waals surface area contributed by atoms with Gasteiger partial charge < -0.3 is 25.3 Å². The van der Waals surface area contributed by atoms with Crippen LogP contribution in [0, 0.1) is 5.82 Å². The molecule has 7 nitrogen and oxygen atoms in total. The van der Waals surface area contributed by atoms with Crippen LogP contribution < -0.4 is 25.3 Å². The molecule has 0 aliphatic heterocycles. The van der Waals surface area contributed by atoms with Gasteiger partial charge in [-0.15, -0.1) is 0 Å². The third kappa shape index (κ3) is 5.84. The number of methoxy groups -OCH3 is 2. The Hall–Kier alpha value is -3.81. The van der Waals surface area contributed by atoms with Crippen molar-refractivity contribution in [2.45, 2.75) is 13.1 Å². The summed E-state index contributed by atoms with van der Waals surface area (Å²) in [7, 11) is 3.18. The molecular formula is C22H23FN4O3. The van der Waals surface area contributed by atoms with Gasteiger partial charge in [-0.2, -0.15) is 0 Å². The van der Waals surface area contributed by atoms with Gasteiger partial charge in [0.25, 0.3) is 0 Å². The summed E-state index contributed by atoms with van der Waals surface area (Å²) >= 11 is 0. The van der Waals surface area contributed by atoms with Crippen molar-refractivity contribution in [1.82, 2.24) is 10.3 Å². The van der Waals surface area contributed by atoms with Crippen LogP contribution in [-0.4, -0.2) is 25.2 Å². The largest absolute Gasteiger partial charge is 0.493 e. The number of hydrogen-bond acceptors (Lipinski definition) is 5. The second kappa shape index (κ2) is 10.1. The third-order valence-corrected chi connectivity index (χ3v) is 4.19. The van der Waals surface area contributed by atoms with E-state index in [2.05, 4.69) is 15.3 Å². The van der Waals surface area contributed by atoms with Crippen molar-refractivity contribution in [1.29, 1.82) is 0 Å². The van der Waals surface area contributed by atoms with E-state index in [1.165, 1.54) is 12.1 Å². The smallest absolute Gasteiger partial charge is 0.219 e. The first-order valence-corrected chi connectivity index (χ1v) is 9.20. The first kappa shape index (κ1) is 20.9. The van der Waals surface area contributed by atoms with Crippen LogP contribution >= 0.6 is 0 Å². The van der Waals surface area contributed by atoms with E-state index in [9.17, 15) is 4.39 Å². The summed E-state index contributed by atoms with van der Waals surface area (Å²) in [6, 6.07) is 14.9. The Morgan fingerprint density at radius 1 is 1.00 bits per heavy atom. The second-order valence-electron chi connectivity index (χ2n) is 6.30. The van der Waals surface area contributed by atoms with Crippen molar-refractivity contribution < 1.29 is 18.6 Å². The molecule has 0 amide bonds. The van der Waals surface area contributed by atoms with Crippen molar-refractivity contribution >= 4 is 5.96 Å². The average molecular weight is 410 g/mol. The molecule has 30 heavy (non-hydrogen) atoms. The van der Waals surface area contributed by atoms with Gasteiger partial charge in [-0.05, 0) is 53.6 Å². The lowest BCUT2D eigenvalue weighted by atomic mass is 10.2. The number of benzene rings is 2. The highest BCUT2D eigenvalue weighted by Crippen LogP contribution is 2.27. The van der Waals surface area contributed by atoms with Gasteiger partial charge in [-0.25, -0.2) is 14.4 Å².